The van der Waals surface area contributed by atoms with Crippen LogP contribution in [0.15, 0.2) is 46.8 Å². The maximum atomic E-state index is 12.8. The fourth-order valence-electron chi connectivity index (χ4n) is 2.93. The van der Waals surface area contributed by atoms with Gasteiger partial charge < -0.3 is 20.1 Å². The van der Waals surface area contributed by atoms with Crippen molar-refractivity contribution >= 4 is 44.0 Å². The number of nitrogens with zero attached hydrogens (tertiary/aromatic N) is 2. The number of methoxy groups -OCH3 is 2. The normalized spacial score (nSPS) is 10.9. The zero-order valence-corrected chi connectivity index (χ0v) is 20.2. The molecule has 0 aliphatic carbocycles. The van der Waals surface area contributed by atoms with E-state index < -0.39 is 21.8 Å². The number of nitrogens with one attached hydrogen (secondary N) is 3. The summed E-state index contributed by atoms with van der Waals surface area (Å²) >= 11 is 0.694. The van der Waals surface area contributed by atoms with Crippen molar-refractivity contribution in [2.24, 2.45) is 0 Å². The van der Waals surface area contributed by atoms with Crippen LogP contribution in [0, 0.1) is 0 Å². The zero-order chi connectivity index (χ0) is 24.7. The highest BCUT2D eigenvalue weighted by atomic mass is 32.2. The predicted octanol–water partition coefficient (Wildman–Crippen LogP) is 2.29. The fraction of sp³-hybridized carbons (Fsp3) is 0.238. The maximum Gasteiger partial charge on any atom is 0.291 e. The van der Waals surface area contributed by atoms with Crippen molar-refractivity contribution in [1.29, 1.82) is 0 Å². The van der Waals surface area contributed by atoms with Crippen molar-refractivity contribution in [3.05, 3.63) is 53.6 Å². The molecule has 0 radical (unpaired) electrons. The second-order valence-electron chi connectivity index (χ2n) is 6.90. The number of hydrogen-bond acceptors (Lipinski definition) is 9. The lowest BCUT2D eigenvalue weighted by Crippen LogP contribution is -2.27. The Morgan fingerprint density at radius 1 is 1.03 bits per heavy atom. The topological polar surface area (TPSA) is 149 Å². The number of carbonyl (C=O) groups is 2. The van der Waals surface area contributed by atoms with Crippen molar-refractivity contribution in [2.75, 3.05) is 30.8 Å². The lowest BCUT2D eigenvalue weighted by atomic mass is 10.1. The Labute approximate surface area is 200 Å². The van der Waals surface area contributed by atoms with Crippen molar-refractivity contribution in [3.63, 3.8) is 0 Å². The van der Waals surface area contributed by atoms with E-state index in [2.05, 4.69) is 25.6 Å². The van der Waals surface area contributed by atoms with Gasteiger partial charge in [0.1, 0.15) is 0 Å². The molecule has 3 rings (SSSR count). The van der Waals surface area contributed by atoms with Crippen LogP contribution in [0.2, 0.25) is 0 Å². The summed E-state index contributed by atoms with van der Waals surface area (Å²) < 4.78 is 38.0. The number of para-hydroxylation sites is 1. The third kappa shape index (κ3) is 6.20. The summed E-state index contributed by atoms with van der Waals surface area (Å²) in [5.74, 6) is 0.346. The summed E-state index contributed by atoms with van der Waals surface area (Å²) in [6.07, 6.45) is 0.525. The van der Waals surface area contributed by atoms with Crippen LogP contribution in [0.1, 0.15) is 22.8 Å². The van der Waals surface area contributed by atoms with E-state index in [4.69, 9.17) is 9.47 Å². The Morgan fingerprint density at radius 2 is 1.76 bits per heavy atom. The van der Waals surface area contributed by atoms with Crippen molar-refractivity contribution < 1.29 is 27.5 Å². The van der Waals surface area contributed by atoms with E-state index in [1.165, 1.54) is 19.1 Å². The molecular formula is C21H23N5O6S2. The van der Waals surface area contributed by atoms with Gasteiger partial charge in [0.15, 0.2) is 11.5 Å². The molecule has 3 N–H and O–H groups in total. The molecule has 0 spiro atoms. The number of sulfonamides is 1. The molecule has 1 heterocycles. The summed E-state index contributed by atoms with van der Waals surface area (Å²) in [5, 5.41) is 12.5. The van der Waals surface area contributed by atoms with E-state index in [-0.39, 0.29) is 20.7 Å². The van der Waals surface area contributed by atoms with Crippen molar-refractivity contribution in [2.45, 2.75) is 17.7 Å². The average Bonchev–Trinajstić information content (AvgIpc) is 3.28. The minimum Gasteiger partial charge on any atom is -0.493 e. The number of amides is 2. The molecule has 0 bridgehead atoms. The van der Waals surface area contributed by atoms with E-state index in [9.17, 15) is 18.0 Å². The molecule has 34 heavy (non-hydrogen) atoms. The number of aromatic nitrogens is 2. The minimum absolute atomic E-state index is 0.0501. The molecule has 0 aliphatic heterocycles. The largest absolute Gasteiger partial charge is 0.493 e. The lowest BCUT2D eigenvalue weighted by Gasteiger charge is -2.12. The highest BCUT2D eigenvalue weighted by Crippen LogP contribution is 2.28. The highest BCUT2D eigenvalue weighted by Gasteiger charge is 2.23. The number of hydrogen-bond donors (Lipinski definition) is 3. The van der Waals surface area contributed by atoms with Gasteiger partial charge in [0.05, 0.1) is 25.5 Å². The van der Waals surface area contributed by atoms with Crippen LogP contribution in [-0.2, 0) is 21.2 Å². The Bertz CT molecular complexity index is 1290. The van der Waals surface area contributed by atoms with Crippen molar-refractivity contribution in [1.82, 2.24) is 15.5 Å². The van der Waals surface area contributed by atoms with Gasteiger partial charge in [0.25, 0.3) is 20.3 Å². The first-order valence-corrected chi connectivity index (χ1v) is 12.3. The van der Waals surface area contributed by atoms with Crippen molar-refractivity contribution in [3.8, 4) is 11.5 Å². The zero-order valence-electron chi connectivity index (χ0n) is 18.6. The molecule has 2 amide bonds. The van der Waals surface area contributed by atoms with Crippen LogP contribution in [0.3, 0.4) is 0 Å². The summed E-state index contributed by atoms with van der Waals surface area (Å²) in [4.78, 5) is 23.9. The standard InChI is InChI=1S/C21H23N5O6S2/c1-13(27)23-20-24-25-21(33-20)34(29,30)26-16-7-5-4-6-15(16)19(28)22-11-10-14-8-9-17(31-2)18(12-14)32-3/h4-9,12,26H,10-11H2,1-3H3,(H,22,28)(H,23,24,27). The van der Waals surface area contributed by atoms with Gasteiger partial charge in [-0.15, -0.1) is 10.2 Å². The molecule has 2 aromatic carbocycles. The molecule has 0 atom stereocenters. The lowest BCUT2D eigenvalue weighted by molar-refractivity contribution is -0.114. The highest BCUT2D eigenvalue weighted by molar-refractivity contribution is 7.94. The van der Waals surface area contributed by atoms with Crippen LogP contribution in [-0.4, -0.2) is 51.2 Å². The van der Waals surface area contributed by atoms with Crippen LogP contribution >= 0.6 is 11.3 Å². The van der Waals surface area contributed by atoms with E-state index in [1.807, 2.05) is 12.1 Å². The van der Waals surface area contributed by atoms with Gasteiger partial charge in [-0.3, -0.25) is 14.3 Å². The molecular weight excluding hydrogens is 482 g/mol. The van der Waals surface area contributed by atoms with E-state index in [0.29, 0.717) is 35.8 Å². The van der Waals surface area contributed by atoms with Gasteiger partial charge >= 0.3 is 0 Å². The summed E-state index contributed by atoms with van der Waals surface area (Å²) in [5.41, 5.74) is 1.16. The molecule has 0 aliphatic rings. The molecule has 0 saturated carbocycles. The van der Waals surface area contributed by atoms with Gasteiger partial charge in [-0.2, -0.15) is 8.42 Å². The first-order valence-electron chi connectivity index (χ1n) is 9.95. The third-order valence-corrected chi connectivity index (χ3v) is 7.05. The van der Waals surface area contributed by atoms with Gasteiger partial charge in [0.2, 0.25) is 11.0 Å². The first kappa shape index (κ1) is 24.9. The number of benzene rings is 2. The van der Waals surface area contributed by atoms with Gasteiger partial charge in [0, 0.05) is 13.5 Å². The summed E-state index contributed by atoms with van der Waals surface area (Å²) in [7, 11) is -1.03. The van der Waals surface area contributed by atoms with Gasteiger partial charge in [-0.25, -0.2) is 0 Å². The van der Waals surface area contributed by atoms with Gasteiger partial charge in [-0.05, 0) is 36.2 Å². The molecule has 0 unspecified atom stereocenters. The van der Waals surface area contributed by atoms with Crippen LogP contribution in [0.5, 0.6) is 11.5 Å². The Morgan fingerprint density at radius 3 is 2.47 bits per heavy atom. The summed E-state index contributed by atoms with van der Waals surface area (Å²) in [6, 6.07) is 11.7. The third-order valence-electron chi connectivity index (χ3n) is 4.48. The van der Waals surface area contributed by atoms with Crippen LogP contribution in [0.4, 0.5) is 10.8 Å². The Hall–Kier alpha value is -3.71. The SMILES string of the molecule is COc1ccc(CCNC(=O)c2ccccc2NS(=O)(=O)c2nnc(NC(C)=O)s2)cc1OC. The second kappa shape index (κ2) is 10.9. The summed E-state index contributed by atoms with van der Waals surface area (Å²) in [6.45, 7) is 1.58. The number of anilines is 2. The monoisotopic (exact) mass is 505 g/mol. The van der Waals surface area contributed by atoms with E-state index in [1.54, 1.807) is 32.4 Å². The average molecular weight is 506 g/mol. The molecule has 11 nitrogen and oxygen atoms in total. The minimum atomic E-state index is -4.12. The molecule has 0 saturated heterocycles. The van der Waals surface area contributed by atoms with Crippen LogP contribution < -0.4 is 24.8 Å². The Kier molecular flexibility index (Phi) is 8.02. The smallest absolute Gasteiger partial charge is 0.291 e. The first-order chi connectivity index (χ1) is 16.2. The number of carbonyl (C=O) groups excluding carboxylic acids is 2. The number of ether oxygens (including phenoxy) is 2. The van der Waals surface area contributed by atoms with Crippen LogP contribution in [0.25, 0.3) is 0 Å². The van der Waals surface area contributed by atoms with E-state index in [0.717, 1.165) is 5.56 Å². The quantitative estimate of drug-likeness (QED) is 0.355. The second-order valence-corrected chi connectivity index (χ2v) is 9.73. The van der Waals surface area contributed by atoms with E-state index >= 15 is 0 Å². The molecule has 180 valence electrons. The molecule has 3 aromatic rings. The fourth-order valence-corrected chi connectivity index (χ4v) is 4.96. The van der Waals surface area contributed by atoms with Gasteiger partial charge in [-0.1, -0.05) is 29.5 Å². The molecule has 0 fully saturated rings. The predicted molar refractivity (Wildman–Crippen MR) is 127 cm³/mol. The molecule has 1 aromatic heterocycles. The molecule has 13 heteroatoms. The number of rotatable bonds is 10. The Balaban J connectivity index is 1.68. The maximum absolute atomic E-state index is 12.8.